The first-order chi connectivity index (χ1) is 7.68. The van der Waals surface area contributed by atoms with Gasteiger partial charge in [-0.2, -0.15) is 4.89 Å². The van der Waals surface area contributed by atoms with E-state index >= 15 is 0 Å². The van der Waals surface area contributed by atoms with Gasteiger partial charge in [-0.1, -0.05) is 36.4 Å². The van der Waals surface area contributed by atoms with Crippen molar-refractivity contribution in [3.63, 3.8) is 0 Å². The summed E-state index contributed by atoms with van der Waals surface area (Å²) in [7, 11) is -2.24. The second-order valence-corrected chi connectivity index (χ2v) is 5.22. The van der Waals surface area contributed by atoms with E-state index in [9.17, 15) is 9.46 Å². The van der Waals surface area contributed by atoms with Gasteiger partial charge in [0.2, 0.25) is 5.66 Å². The smallest absolute Gasteiger partial charge is 0.327 e. The van der Waals surface area contributed by atoms with E-state index in [2.05, 4.69) is 0 Å². The Balaban J connectivity index is 2.29. The Bertz CT molecular complexity index is 416. The van der Waals surface area contributed by atoms with Crippen molar-refractivity contribution in [3.8, 4) is 0 Å². The molecule has 2 rings (SSSR count). The predicted octanol–water partition coefficient (Wildman–Crippen LogP) is 2.51. The predicted molar refractivity (Wildman–Crippen MR) is 64.3 cm³/mol. The molecule has 0 bridgehead atoms. The molecule has 0 saturated carbocycles. The molecule has 0 aromatic heterocycles. The maximum Gasteiger partial charge on any atom is 0.518 e. The second-order valence-electron chi connectivity index (χ2n) is 4.09. The Morgan fingerprint density at radius 1 is 1.38 bits per heavy atom. The maximum atomic E-state index is 11.5. The fourth-order valence-electron chi connectivity index (χ4n) is 2.11. The minimum absolute atomic E-state index is 0.108. The Morgan fingerprint density at radius 2 is 2.06 bits per heavy atom. The van der Waals surface area contributed by atoms with Crippen LogP contribution < -0.4 is 5.73 Å². The van der Waals surface area contributed by atoms with Gasteiger partial charge in [0.1, 0.15) is 0 Å². The van der Waals surface area contributed by atoms with Gasteiger partial charge in [0.15, 0.2) is 0 Å². The monoisotopic (exact) mass is 236 g/mol. The molecule has 3 atom stereocenters. The van der Waals surface area contributed by atoms with E-state index < -0.39 is 8.03 Å². The molecule has 0 radical (unpaired) electrons. The molecule has 0 heterocycles. The van der Waals surface area contributed by atoms with Crippen molar-refractivity contribution in [2.24, 2.45) is 5.73 Å². The minimum atomic E-state index is -2.24. The lowest BCUT2D eigenvalue weighted by atomic mass is 10.0. The summed E-state index contributed by atoms with van der Waals surface area (Å²) >= 11 is 0. The zero-order valence-corrected chi connectivity index (χ0v) is 9.81. The highest BCUT2D eigenvalue weighted by atomic mass is 31.1. The van der Waals surface area contributed by atoms with E-state index in [4.69, 9.17) is 5.73 Å². The molecule has 84 valence electrons. The number of nitrogens with two attached hydrogens (primary N) is 1. The average Bonchev–Trinajstić information content (AvgIpc) is 2.66. The van der Waals surface area contributed by atoms with Gasteiger partial charge in [-0.15, -0.1) is 0 Å². The highest BCUT2D eigenvalue weighted by Crippen LogP contribution is 2.46. The van der Waals surface area contributed by atoms with E-state index in [0.717, 1.165) is 24.0 Å². The van der Waals surface area contributed by atoms with Crippen LogP contribution in [0.25, 0.3) is 0 Å². The van der Waals surface area contributed by atoms with Crippen molar-refractivity contribution in [2.45, 2.75) is 24.5 Å². The summed E-state index contributed by atoms with van der Waals surface area (Å²) in [6.45, 7) is 0. The summed E-state index contributed by atoms with van der Waals surface area (Å²) in [5.74, 6) is 0. The van der Waals surface area contributed by atoms with Crippen molar-refractivity contribution >= 4 is 8.03 Å². The lowest BCUT2D eigenvalue weighted by molar-refractivity contribution is 0.494. The molecular formula is C12H15NO2P+. The summed E-state index contributed by atoms with van der Waals surface area (Å²) in [5.41, 5.74) is 7.33. The fraction of sp³-hybridized carbons (Fsp3) is 0.333. The fourth-order valence-corrected chi connectivity index (χ4v) is 3.04. The van der Waals surface area contributed by atoms with E-state index in [1.807, 2.05) is 36.4 Å². The Labute approximate surface area is 95.9 Å². The Morgan fingerprint density at radius 3 is 2.56 bits per heavy atom. The van der Waals surface area contributed by atoms with Crippen LogP contribution in [-0.4, -0.2) is 10.9 Å². The molecule has 0 amide bonds. The van der Waals surface area contributed by atoms with Crippen LogP contribution in [-0.2, 0) is 4.57 Å². The number of hydrogen-bond acceptors (Lipinski definition) is 2. The standard InChI is InChI=1S/C12H14NO2P/c13-11-7-6-10(8-11)12(16(14)15)9-4-2-1-3-5-9/h1-6,11-12H,7-8,13H2/p+1. The van der Waals surface area contributed by atoms with Gasteiger partial charge in [0.05, 0.1) is 0 Å². The van der Waals surface area contributed by atoms with Crippen LogP contribution in [0.15, 0.2) is 42.0 Å². The van der Waals surface area contributed by atoms with Gasteiger partial charge in [-0.25, -0.2) is 0 Å². The molecule has 3 nitrogen and oxygen atoms in total. The first-order valence-corrected chi connectivity index (χ1v) is 6.61. The summed E-state index contributed by atoms with van der Waals surface area (Å²) < 4.78 is 11.5. The van der Waals surface area contributed by atoms with Gasteiger partial charge < -0.3 is 5.73 Å². The Kier molecular flexibility index (Phi) is 3.49. The first kappa shape index (κ1) is 11.5. The van der Waals surface area contributed by atoms with Crippen LogP contribution in [0.1, 0.15) is 24.1 Å². The lowest BCUT2D eigenvalue weighted by Gasteiger charge is -2.07. The molecule has 0 fully saturated rings. The second kappa shape index (κ2) is 4.88. The van der Waals surface area contributed by atoms with Gasteiger partial charge in [-0.3, -0.25) is 0 Å². The molecule has 1 aromatic rings. The summed E-state index contributed by atoms with van der Waals surface area (Å²) in [6.07, 6.45) is 3.54. The van der Waals surface area contributed by atoms with E-state index in [1.54, 1.807) is 0 Å². The topological polar surface area (TPSA) is 63.3 Å². The average molecular weight is 236 g/mol. The number of rotatable bonds is 3. The number of hydrogen-bond donors (Lipinski definition) is 2. The van der Waals surface area contributed by atoms with Crippen LogP contribution in [0.3, 0.4) is 0 Å². The zero-order valence-electron chi connectivity index (χ0n) is 8.91. The van der Waals surface area contributed by atoms with Crippen LogP contribution >= 0.6 is 8.03 Å². The molecule has 0 spiro atoms. The summed E-state index contributed by atoms with van der Waals surface area (Å²) in [5, 5.41) is 0. The zero-order chi connectivity index (χ0) is 11.5. The van der Waals surface area contributed by atoms with Crippen LogP contribution in [0.2, 0.25) is 0 Å². The van der Waals surface area contributed by atoms with Gasteiger partial charge in [-0.05, 0) is 23.0 Å². The first-order valence-electron chi connectivity index (χ1n) is 5.33. The third-order valence-corrected chi connectivity index (χ3v) is 3.94. The normalized spacial score (nSPS) is 22.8. The molecule has 0 aliphatic heterocycles. The van der Waals surface area contributed by atoms with Crippen molar-refractivity contribution < 1.29 is 9.46 Å². The maximum absolute atomic E-state index is 11.5. The third kappa shape index (κ3) is 2.38. The SMILES string of the molecule is NC1CC=C(C(c2ccccc2)[P+](=O)O)C1. The highest BCUT2D eigenvalue weighted by molar-refractivity contribution is 7.38. The molecule has 1 aromatic carbocycles. The van der Waals surface area contributed by atoms with Gasteiger partial charge >= 0.3 is 8.03 Å². The molecular weight excluding hydrogens is 221 g/mol. The van der Waals surface area contributed by atoms with E-state index in [-0.39, 0.29) is 11.7 Å². The van der Waals surface area contributed by atoms with Crippen molar-refractivity contribution in [2.75, 3.05) is 0 Å². The molecule has 3 unspecified atom stereocenters. The molecule has 0 saturated heterocycles. The van der Waals surface area contributed by atoms with Crippen LogP contribution in [0.5, 0.6) is 0 Å². The molecule has 3 N–H and O–H groups in total. The molecule has 16 heavy (non-hydrogen) atoms. The largest absolute Gasteiger partial charge is 0.518 e. The molecule has 1 aliphatic carbocycles. The summed E-state index contributed by atoms with van der Waals surface area (Å²) in [6, 6.07) is 9.56. The number of benzene rings is 1. The van der Waals surface area contributed by atoms with Crippen LogP contribution in [0.4, 0.5) is 0 Å². The van der Waals surface area contributed by atoms with Gasteiger partial charge in [0, 0.05) is 11.6 Å². The van der Waals surface area contributed by atoms with Gasteiger partial charge in [0.25, 0.3) is 0 Å². The lowest BCUT2D eigenvalue weighted by Crippen LogP contribution is -2.15. The highest BCUT2D eigenvalue weighted by Gasteiger charge is 2.36. The Hall–Kier alpha value is -1.02. The minimum Gasteiger partial charge on any atom is -0.327 e. The quantitative estimate of drug-likeness (QED) is 0.626. The van der Waals surface area contributed by atoms with Crippen molar-refractivity contribution in [1.82, 2.24) is 0 Å². The third-order valence-electron chi connectivity index (χ3n) is 2.87. The molecule has 4 heteroatoms. The van der Waals surface area contributed by atoms with E-state index in [0.29, 0.717) is 0 Å². The van der Waals surface area contributed by atoms with E-state index in [1.165, 1.54) is 0 Å². The summed E-state index contributed by atoms with van der Waals surface area (Å²) in [4.78, 5) is 9.44. The van der Waals surface area contributed by atoms with Crippen molar-refractivity contribution in [1.29, 1.82) is 0 Å². The molecule has 1 aliphatic rings. The van der Waals surface area contributed by atoms with Crippen LogP contribution in [0, 0.1) is 0 Å². The van der Waals surface area contributed by atoms with Crippen molar-refractivity contribution in [3.05, 3.63) is 47.5 Å².